The number of aromatic nitrogens is 3. The molecular formula is C34H36ClF4N7O2. The standard InChI is InChI=1S/C25H19ClF3N5O2.C7H14FN.C2H3N/c1-13(27)24(35)34-10-8-33(9-11-34)23-16-12-30-21(20(29)22(16)31-25(32-23)36-2)15-5-3-4-14-6-7-17(28)19(26)18(14)15;1-6(2)9-4-3-7(8)5-9;1-2-3/h3-7,12H,1,8-11H2,2H3;6-7H,3-5H2,1-2H3;1H3. The highest BCUT2D eigenvalue weighted by atomic mass is 35.5. The van der Waals surface area contributed by atoms with Crippen LogP contribution in [0.5, 0.6) is 6.01 Å². The van der Waals surface area contributed by atoms with E-state index in [2.05, 4.69) is 40.3 Å². The predicted octanol–water partition coefficient (Wildman–Crippen LogP) is 6.89. The van der Waals surface area contributed by atoms with E-state index >= 15 is 4.39 Å². The fourth-order valence-corrected chi connectivity index (χ4v) is 5.83. The first-order valence-corrected chi connectivity index (χ1v) is 15.6. The van der Waals surface area contributed by atoms with Gasteiger partial charge in [0.05, 0.1) is 23.6 Å². The first-order valence-electron chi connectivity index (χ1n) is 15.3. The molecule has 2 aromatic carbocycles. The number of halogens is 5. The van der Waals surface area contributed by atoms with Crippen molar-refractivity contribution >= 4 is 45.0 Å². The molecule has 2 aliphatic rings. The lowest BCUT2D eigenvalue weighted by molar-refractivity contribution is -0.128. The monoisotopic (exact) mass is 685 g/mol. The van der Waals surface area contributed by atoms with Gasteiger partial charge in [0.1, 0.15) is 29.0 Å². The van der Waals surface area contributed by atoms with Crippen LogP contribution < -0.4 is 9.64 Å². The molecule has 2 fully saturated rings. The summed E-state index contributed by atoms with van der Waals surface area (Å²) in [7, 11) is 1.36. The van der Waals surface area contributed by atoms with E-state index in [1.807, 2.05) is 4.90 Å². The van der Waals surface area contributed by atoms with Gasteiger partial charge in [0.25, 0.3) is 5.91 Å². The van der Waals surface area contributed by atoms with E-state index in [0.717, 1.165) is 13.0 Å². The Hall–Kier alpha value is -4.54. The lowest BCUT2D eigenvalue weighted by Gasteiger charge is -2.35. The summed E-state index contributed by atoms with van der Waals surface area (Å²) in [5, 5.41) is 8.48. The van der Waals surface area contributed by atoms with Gasteiger partial charge >= 0.3 is 6.01 Å². The fourth-order valence-electron chi connectivity index (χ4n) is 5.55. The summed E-state index contributed by atoms with van der Waals surface area (Å²) >= 11 is 6.25. The summed E-state index contributed by atoms with van der Waals surface area (Å²) in [6.45, 7) is 11.4. The number of carbonyl (C=O) groups excluding carboxylic acids is 1. The molecule has 1 amide bonds. The van der Waals surface area contributed by atoms with Crippen LogP contribution >= 0.6 is 11.6 Å². The molecule has 4 aromatic rings. The molecule has 1 unspecified atom stereocenters. The van der Waals surface area contributed by atoms with Crippen LogP contribution in [0.2, 0.25) is 5.02 Å². The highest BCUT2D eigenvalue weighted by molar-refractivity contribution is 6.36. The zero-order valence-electron chi connectivity index (χ0n) is 27.1. The number of hydrogen-bond donors (Lipinski definition) is 0. The number of piperazine rings is 1. The van der Waals surface area contributed by atoms with Crippen molar-refractivity contribution in [2.45, 2.75) is 39.4 Å². The molecule has 254 valence electrons. The number of anilines is 1. The lowest BCUT2D eigenvalue weighted by Crippen LogP contribution is -2.49. The van der Waals surface area contributed by atoms with Crippen molar-refractivity contribution in [3.63, 3.8) is 0 Å². The largest absolute Gasteiger partial charge is 0.467 e. The minimum Gasteiger partial charge on any atom is -0.467 e. The van der Waals surface area contributed by atoms with E-state index in [9.17, 15) is 18.0 Å². The van der Waals surface area contributed by atoms with Gasteiger partial charge in [0.15, 0.2) is 11.6 Å². The van der Waals surface area contributed by atoms with E-state index in [-0.39, 0.29) is 35.3 Å². The number of likely N-dealkylation sites (tertiary alicyclic amines) is 1. The van der Waals surface area contributed by atoms with Crippen molar-refractivity contribution in [2.75, 3.05) is 51.3 Å². The SMILES string of the molecule is C=C(F)C(=O)N1CCN(c2nc(OC)nc3c(F)c(-c4cccc5ccc(F)c(Cl)c45)ncc23)CC1.CC#N.CC(C)N1CCC(F)C1. The average Bonchev–Trinajstić information content (AvgIpc) is 3.53. The third-order valence-corrected chi connectivity index (χ3v) is 8.38. The quantitative estimate of drug-likeness (QED) is 0.166. The molecule has 2 aliphatic heterocycles. The van der Waals surface area contributed by atoms with Gasteiger partial charge in [-0.2, -0.15) is 15.2 Å². The Morgan fingerprint density at radius 3 is 2.38 bits per heavy atom. The number of fused-ring (bicyclic) bond motifs is 2. The first-order chi connectivity index (χ1) is 22.9. The molecule has 9 nitrogen and oxygen atoms in total. The molecule has 2 saturated heterocycles. The summed E-state index contributed by atoms with van der Waals surface area (Å²) in [6, 6.07) is 10.1. The van der Waals surface area contributed by atoms with Crippen molar-refractivity contribution in [1.29, 1.82) is 5.26 Å². The van der Waals surface area contributed by atoms with E-state index in [1.165, 1.54) is 31.2 Å². The van der Waals surface area contributed by atoms with Crippen molar-refractivity contribution in [3.05, 3.63) is 65.6 Å². The molecule has 0 spiro atoms. The number of nitriles is 1. The molecule has 0 bridgehead atoms. The highest BCUT2D eigenvalue weighted by Gasteiger charge is 2.27. The fraction of sp³-hybridized carbons (Fsp3) is 0.382. The number of rotatable bonds is 5. The van der Waals surface area contributed by atoms with E-state index in [1.54, 1.807) is 30.3 Å². The minimum atomic E-state index is -1.02. The van der Waals surface area contributed by atoms with Gasteiger partial charge in [0, 0.05) is 69.4 Å². The van der Waals surface area contributed by atoms with Crippen LogP contribution in [0.1, 0.15) is 27.2 Å². The summed E-state index contributed by atoms with van der Waals surface area (Å²) in [4.78, 5) is 30.2. The molecule has 1 atom stereocenters. The lowest BCUT2D eigenvalue weighted by atomic mass is 10.0. The molecule has 0 N–H and O–H groups in total. The number of benzene rings is 2. The van der Waals surface area contributed by atoms with Crippen molar-refractivity contribution in [3.8, 4) is 23.3 Å². The number of pyridine rings is 1. The Morgan fingerprint density at radius 1 is 1.12 bits per heavy atom. The topological polar surface area (TPSA) is 98.5 Å². The molecule has 0 saturated carbocycles. The van der Waals surface area contributed by atoms with E-state index in [0.29, 0.717) is 53.2 Å². The normalized spacial score (nSPS) is 16.2. The maximum absolute atomic E-state index is 16.0. The van der Waals surface area contributed by atoms with Gasteiger partial charge in [-0.1, -0.05) is 42.4 Å². The van der Waals surface area contributed by atoms with Gasteiger partial charge in [-0.15, -0.1) is 0 Å². The van der Waals surface area contributed by atoms with Crippen LogP contribution in [-0.2, 0) is 4.79 Å². The van der Waals surface area contributed by atoms with Gasteiger partial charge in [-0.05, 0) is 31.7 Å². The maximum Gasteiger partial charge on any atom is 0.318 e. The van der Waals surface area contributed by atoms with Crippen LogP contribution in [0.4, 0.5) is 23.4 Å². The third kappa shape index (κ3) is 7.94. The number of methoxy groups -OCH3 is 1. The predicted molar refractivity (Wildman–Crippen MR) is 178 cm³/mol. The number of hydrogen-bond acceptors (Lipinski definition) is 8. The number of alkyl halides is 1. The minimum absolute atomic E-state index is 0.0398. The van der Waals surface area contributed by atoms with Crippen molar-refractivity contribution in [1.82, 2.24) is 24.8 Å². The summed E-state index contributed by atoms with van der Waals surface area (Å²) in [5.41, 5.74) is 0.223. The number of nitrogens with zero attached hydrogens (tertiary/aromatic N) is 7. The van der Waals surface area contributed by atoms with Crippen LogP contribution in [0.25, 0.3) is 32.9 Å². The Balaban J connectivity index is 0.000000368. The summed E-state index contributed by atoms with van der Waals surface area (Å²) < 4.78 is 61.2. The first kappa shape index (κ1) is 36.3. The number of amides is 1. The smallest absolute Gasteiger partial charge is 0.318 e. The Morgan fingerprint density at radius 2 is 1.81 bits per heavy atom. The highest BCUT2D eigenvalue weighted by Crippen LogP contribution is 2.38. The van der Waals surface area contributed by atoms with Crippen LogP contribution in [0, 0.1) is 23.0 Å². The number of ether oxygens (including phenoxy) is 1. The average molecular weight is 686 g/mol. The molecule has 2 aromatic heterocycles. The van der Waals surface area contributed by atoms with Crippen LogP contribution in [0.3, 0.4) is 0 Å². The molecule has 6 rings (SSSR count). The van der Waals surface area contributed by atoms with Gasteiger partial charge in [0.2, 0.25) is 0 Å². The second-order valence-electron chi connectivity index (χ2n) is 11.4. The third-order valence-electron chi connectivity index (χ3n) is 8.01. The Labute approximate surface area is 281 Å². The van der Waals surface area contributed by atoms with Crippen LogP contribution in [-0.4, -0.2) is 89.3 Å². The van der Waals surface area contributed by atoms with Crippen molar-refractivity contribution < 1.29 is 27.1 Å². The second kappa shape index (κ2) is 16.0. The molecular weight excluding hydrogens is 650 g/mol. The van der Waals surface area contributed by atoms with Gasteiger partial charge in [-0.25, -0.2) is 17.6 Å². The van der Waals surface area contributed by atoms with Gasteiger partial charge < -0.3 is 14.5 Å². The second-order valence-corrected chi connectivity index (χ2v) is 11.7. The molecule has 48 heavy (non-hydrogen) atoms. The van der Waals surface area contributed by atoms with E-state index in [4.69, 9.17) is 21.6 Å². The Kier molecular flexibility index (Phi) is 12.1. The summed E-state index contributed by atoms with van der Waals surface area (Å²) in [6.07, 6.45) is 1.61. The number of carbonyl (C=O) groups is 1. The van der Waals surface area contributed by atoms with Crippen molar-refractivity contribution in [2.24, 2.45) is 0 Å². The zero-order valence-corrected chi connectivity index (χ0v) is 27.9. The van der Waals surface area contributed by atoms with Crippen LogP contribution in [0.15, 0.2) is 48.9 Å². The molecule has 4 heterocycles. The summed E-state index contributed by atoms with van der Waals surface area (Å²) in [5.74, 6) is -2.79. The zero-order chi connectivity index (χ0) is 35.1. The molecule has 14 heteroatoms. The van der Waals surface area contributed by atoms with Gasteiger partial charge in [-0.3, -0.25) is 14.7 Å². The molecule has 0 radical (unpaired) electrons. The van der Waals surface area contributed by atoms with E-state index < -0.39 is 29.5 Å². The molecule has 0 aliphatic carbocycles. The Bertz CT molecular complexity index is 1840. The maximum atomic E-state index is 16.0.